The Bertz CT molecular complexity index is 4940. The van der Waals surface area contributed by atoms with E-state index < -0.39 is 0 Å². The average Bonchev–Trinajstić information content (AvgIpc) is 0.991. The van der Waals surface area contributed by atoms with Crippen LogP contribution in [0, 0.1) is 0 Å². The molecule has 13 aromatic rings. The lowest BCUT2D eigenvalue weighted by Crippen LogP contribution is -2.59. The van der Waals surface area contributed by atoms with Gasteiger partial charge in [0.25, 0.3) is 6.71 Å². The summed E-state index contributed by atoms with van der Waals surface area (Å²) in [5.41, 5.74) is 25.0. The van der Waals surface area contributed by atoms with Crippen molar-refractivity contribution in [1.82, 2.24) is 13.7 Å². The van der Waals surface area contributed by atoms with Crippen molar-refractivity contribution in [2.45, 2.75) is 157 Å². The van der Waals surface area contributed by atoms with Crippen LogP contribution in [0.25, 0.3) is 82.5 Å². The molecular formula is C84H85BN4O. The molecule has 90 heavy (non-hydrogen) atoms. The van der Waals surface area contributed by atoms with Crippen molar-refractivity contribution in [1.29, 1.82) is 0 Å². The van der Waals surface area contributed by atoms with Crippen LogP contribution in [0.4, 0.5) is 17.1 Å². The molecule has 0 saturated heterocycles. The molecule has 5 heterocycles. The lowest BCUT2D eigenvalue weighted by atomic mass is 9.34. The summed E-state index contributed by atoms with van der Waals surface area (Å²) in [6.07, 6.45) is 0. The summed E-state index contributed by atoms with van der Waals surface area (Å²) in [4.78, 5) is 2.53. The standard InChI is InChI=1S/C84H85BN4O/c1-79(2,3)50-24-34-68-60(40-50)61-41-51(80(4,5)6)25-35-69(61)87(68)57-30-32-66-74(46-57)86(56-22-20-19-21-23-56)75-47-59(89-72-38-28-54(83(13,14)15)44-64(72)65-45-55(84(16,17)18)29-39-73(65)89)49-77-78(75)85(66)67-33-31-58(48-76(67)90-77)88-70-36-26-52(81(7,8)9)42-62(70)63-43-53(82(10,11)12)27-37-71(63)88/h19-49H,1-18H3. The minimum absolute atomic E-state index is 0.0120. The van der Waals surface area contributed by atoms with Gasteiger partial charge in [-0.1, -0.05) is 191 Å². The molecule has 2 aliphatic heterocycles. The van der Waals surface area contributed by atoms with Gasteiger partial charge in [0.15, 0.2) is 0 Å². The summed E-state index contributed by atoms with van der Waals surface area (Å²) in [5, 5.41) is 7.59. The highest BCUT2D eigenvalue weighted by molar-refractivity contribution is 6.99. The van der Waals surface area contributed by atoms with Gasteiger partial charge in [-0.05, 0) is 191 Å². The highest BCUT2D eigenvalue weighted by atomic mass is 16.5. The smallest absolute Gasteiger partial charge is 0.256 e. The molecule has 5 nitrogen and oxygen atoms in total. The first-order chi connectivity index (χ1) is 42.4. The number of nitrogens with zero attached hydrogens (tertiary/aromatic N) is 4. The number of rotatable bonds is 4. The first-order valence-electron chi connectivity index (χ1n) is 32.7. The second kappa shape index (κ2) is 19.4. The van der Waals surface area contributed by atoms with E-state index in [0.29, 0.717) is 0 Å². The third kappa shape index (κ3) is 9.08. The third-order valence-electron chi connectivity index (χ3n) is 20.0. The average molecular weight is 1180 g/mol. The highest BCUT2D eigenvalue weighted by Crippen LogP contribution is 2.48. The van der Waals surface area contributed by atoms with Gasteiger partial charge in [0.05, 0.1) is 38.8 Å². The van der Waals surface area contributed by atoms with Crippen LogP contribution < -0.4 is 26.0 Å². The molecule has 2 aliphatic rings. The van der Waals surface area contributed by atoms with Crippen molar-refractivity contribution in [3.63, 3.8) is 0 Å². The number of hydrogen-bond donors (Lipinski definition) is 0. The Kier molecular flexibility index (Phi) is 12.4. The fourth-order valence-corrected chi connectivity index (χ4v) is 14.7. The van der Waals surface area contributed by atoms with Crippen molar-refractivity contribution in [2.24, 2.45) is 0 Å². The van der Waals surface area contributed by atoms with Crippen LogP contribution in [0.2, 0.25) is 0 Å². The second-order valence-electron chi connectivity index (χ2n) is 32.4. The Balaban J connectivity index is 1.02. The molecule has 3 aromatic heterocycles. The molecule has 0 aliphatic carbocycles. The van der Waals surface area contributed by atoms with Crippen molar-refractivity contribution in [2.75, 3.05) is 4.90 Å². The van der Waals surface area contributed by atoms with Crippen LogP contribution in [0.3, 0.4) is 0 Å². The molecule has 0 unspecified atom stereocenters. The molecule has 0 N–H and O–H groups in total. The number of hydrogen-bond acceptors (Lipinski definition) is 2. The molecule has 15 rings (SSSR count). The summed E-state index contributed by atoms with van der Waals surface area (Å²) < 4.78 is 15.2. The van der Waals surface area contributed by atoms with Crippen molar-refractivity contribution in [3.8, 4) is 28.6 Å². The molecule has 0 radical (unpaired) electrons. The number of para-hydroxylation sites is 1. The SMILES string of the molecule is CC(C)(C)c1ccc2c(c1)c1cc(C(C)(C)C)ccc1n2-c1ccc2c(c1)Oc1cc(-n3c4ccc(C(C)(C)C)cc4c4cc(C(C)(C)C)ccc43)cc3c1B2c1ccc(-n2c4ccc(C(C)(C)C)cc4c4cc(C(C)(C)C)ccc42)cc1N3c1ccccc1. The van der Waals surface area contributed by atoms with Crippen LogP contribution in [0.1, 0.15) is 158 Å². The minimum Gasteiger partial charge on any atom is -0.458 e. The van der Waals surface area contributed by atoms with Crippen LogP contribution in [-0.4, -0.2) is 20.4 Å². The monoisotopic (exact) mass is 1180 g/mol. The summed E-state index contributed by atoms with van der Waals surface area (Å²) >= 11 is 0. The number of benzene rings is 10. The number of aromatic nitrogens is 3. The van der Waals surface area contributed by atoms with Crippen LogP contribution in [0.5, 0.6) is 11.5 Å². The zero-order valence-corrected chi connectivity index (χ0v) is 56.2. The molecule has 10 aromatic carbocycles. The van der Waals surface area contributed by atoms with E-state index in [1.165, 1.54) is 104 Å². The minimum atomic E-state index is -0.156. The van der Waals surface area contributed by atoms with Gasteiger partial charge in [-0.15, -0.1) is 0 Å². The normalized spacial score (nSPS) is 13.9. The van der Waals surface area contributed by atoms with Gasteiger partial charge in [-0.3, -0.25) is 0 Å². The summed E-state index contributed by atoms with van der Waals surface area (Å²) in [6, 6.07) is 73.0. The third-order valence-corrected chi connectivity index (χ3v) is 20.0. The highest BCUT2D eigenvalue weighted by Gasteiger charge is 2.43. The van der Waals surface area contributed by atoms with Gasteiger partial charge in [0.2, 0.25) is 0 Å². The van der Waals surface area contributed by atoms with E-state index in [4.69, 9.17) is 4.74 Å². The van der Waals surface area contributed by atoms with Crippen LogP contribution in [0.15, 0.2) is 188 Å². The van der Waals surface area contributed by atoms with E-state index in [-0.39, 0.29) is 39.2 Å². The van der Waals surface area contributed by atoms with Crippen molar-refractivity contribution >= 4 is 106 Å². The summed E-state index contributed by atoms with van der Waals surface area (Å²) in [6.45, 7) is 41.6. The van der Waals surface area contributed by atoms with Gasteiger partial charge in [-0.25, -0.2) is 0 Å². The zero-order chi connectivity index (χ0) is 63.3. The second-order valence-corrected chi connectivity index (χ2v) is 32.4. The van der Waals surface area contributed by atoms with Gasteiger partial charge in [0.1, 0.15) is 11.5 Å². The number of fused-ring (bicyclic) bond motifs is 13. The molecule has 0 fully saturated rings. The van der Waals surface area contributed by atoms with Crippen LogP contribution in [-0.2, 0) is 32.5 Å². The Labute approximate surface area is 533 Å². The zero-order valence-electron chi connectivity index (χ0n) is 56.2. The summed E-state index contributed by atoms with van der Waals surface area (Å²) in [5.74, 6) is 1.72. The van der Waals surface area contributed by atoms with Crippen molar-refractivity contribution < 1.29 is 4.74 Å². The quantitative estimate of drug-likeness (QED) is 0.164. The van der Waals surface area contributed by atoms with Gasteiger partial charge < -0.3 is 23.3 Å². The molecular weight excluding hydrogens is 1090 g/mol. The number of anilines is 3. The topological polar surface area (TPSA) is 27.3 Å². The molecule has 0 atom stereocenters. The van der Waals surface area contributed by atoms with E-state index >= 15 is 0 Å². The van der Waals surface area contributed by atoms with Gasteiger partial charge in [-0.2, -0.15) is 0 Å². The van der Waals surface area contributed by atoms with E-state index in [9.17, 15) is 0 Å². The number of ether oxygens (including phenoxy) is 1. The molecule has 0 saturated carbocycles. The Hall–Kier alpha value is -8.74. The van der Waals surface area contributed by atoms with E-state index in [1.807, 2.05) is 0 Å². The van der Waals surface area contributed by atoms with E-state index in [1.54, 1.807) is 0 Å². The van der Waals surface area contributed by atoms with E-state index in [0.717, 1.165) is 56.5 Å². The lowest BCUT2D eigenvalue weighted by molar-refractivity contribution is 0.487. The first kappa shape index (κ1) is 57.7. The fourth-order valence-electron chi connectivity index (χ4n) is 14.7. The predicted molar refractivity (Wildman–Crippen MR) is 388 cm³/mol. The van der Waals surface area contributed by atoms with Crippen LogP contribution >= 0.6 is 0 Å². The maximum absolute atomic E-state index is 7.69. The molecule has 450 valence electrons. The van der Waals surface area contributed by atoms with E-state index in [2.05, 4.69) is 331 Å². The Morgan fingerprint density at radius 1 is 0.267 bits per heavy atom. The molecule has 0 amide bonds. The lowest BCUT2D eigenvalue weighted by Gasteiger charge is -2.40. The summed E-state index contributed by atoms with van der Waals surface area (Å²) in [7, 11) is 0. The Morgan fingerprint density at radius 3 is 0.933 bits per heavy atom. The first-order valence-corrected chi connectivity index (χ1v) is 32.7. The van der Waals surface area contributed by atoms with Crippen molar-refractivity contribution in [3.05, 3.63) is 221 Å². The maximum atomic E-state index is 7.69. The largest absolute Gasteiger partial charge is 0.458 e. The van der Waals surface area contributed by atoms with Gasteiger partial charge >= 0.3 is 0 Å². The molecule has 0 bridgehead atoms. The maximum Gasteiger partial charge on any atom is 0.256 e. The predicted octanol–water partition coefficient (Wildman–Crippen LogP) is 21.2. The molecule has 6 heteroatoms. The Morgan fingerprint density at radius 2 is 0.578 bits per heavy atom. The van der Waals surface area contributed by atoms with Gasteiger partial charge in [0, 0.05) is 72.9 Å². The fraction of sp³-hybridized carbons (Fsp3) is 0.286. The molecule has 0 spiro atoms.